The molecule has 0 N–H and O–H groups in total. The van der Waals surface area contributed by atoms with Crippen molar-refractivity contribution in [2.45, 2.75) is 25.9 Å². The van der Waals surface area contributed by atoms with Crippen LogP contribution in [0.3, 0.4) is 0 Å². The molecule has 4 aromatic rings. The van der Waals surface area contributed by atoms with Crippen LogP contribution in [-0.4, -0.2) is 52.5 Å². The van der Waals surface area contributed by atoms with Crippen LogP contribution >= 0.6 is 12.4 Å². The summed E-state index contributed by atoms with van der Waals surface area (Å²) in [5.41, 5.74) is 3.60. The minimum atomic E-state index is -0.394. The molecule has 9 heteroatoms. The number of imidazole rings is 1. The van der Waals surface area contributed by atoms with E-state index in [9.17, 15) is 18.8 Å². The van der Waals surface area contributed by atoms with Gasteiger partial charge in [-0.25, -0.2) is 14.0 Å². The molecular weight excluding hydrogens is 521 g/mol. The van der Waals surface area contributed by atoms with Crippen LogP contribution in [0.25, 0.3) is 11.0 Å². The molecule has 5 rings (SSSR count). The number of ether oxygens (including phenoxy) is 1. The van der Waals surface area contributed by atoms with Crippen LogP contribution in [0.15, 0.2) is 77.6 Å². The fourth-order valence-electron chi connectivity index (χ4n) is 5.20. The topological polar surface area (TPSA) is 73.5 Å². The third kappa shape index (κ3) is 6.13. The third-order valence-corrected chi connectivity index (χ3v) is 7.37. The molecule has 3 aromatic carbocycles. The Kier molecular flexibility index (Phi) is 8.99. The first-order valence-electron chi connectivity index (χ1n) is 12.8. The molecule has 0 radical (unpaired) electrons. The monoisotopic (exact) mass is 551 g/mol. The summed E-state index contributed by atoms with van der Waals surface area (Å²) >= 11 is 0. The van der Waals surface area contributed by atoms with E-state index in [1.54, 1.807) is 28.8 Å². The van der Waals surface area contributed by atoms with E-state index in [1.807, 2.05) is 41.0 Å². The average molecular weight is 552 g/mol. The van der Waals surface area contributed by atoms with Crippen LogP contribution in [-0.2, 0) is 17.8 Å². The molecule has 1 fully saturated rings. The highest BCUT2D eigenvalue weighted by Crippen LogP contribution is 2.22. The van der Waals surface area contributed by atoms with Crippen molar-refractivity contribution < 1.29 is 18.7 Å². The van der Waals surface area contributed by atoms with Gasteiger partial charge in [0, 0.05) is 24.6 Å². The van der Waals surface area contributed by atoms with Gasteiger partial charge in [0.15, 0.2) is 5.78 Å². The van der Waals surface area contributed by atoms with Crippen LogP contribution in [0.4, 0.5) is 4.39 Å². The van der Waals surface area contributed by atoms with E-state index < -0.39 is 5.97 Å². The van der Waals surface area contributed by atoms with Crippen LogP contribution < -0.4 is 5.69 Å². The summed E-state index contributed by atoms with van der Waals surface area (Å²) in [6.07, 6.45) is 1.49. The number of methoxy groups -OCH3 is 1. The minimum absolute atomic E-state index is 0. The number of carbonyl (C=O) groups excluding carboxylic acids is 2. The zero-order valence-electron chi connectivity index (χ0n) is 21.7. The van der Waals surface area contributed by atoms with Crippen molar-refractivity contribution in [3.05, 3.63) is 106 Å². The van der Waals surface area contributed by atoms with Crippen molar-refractivity contribution in [2.75, 3.05) is 26.7 Å². The lowest BCUT2D eigenvalue weighted by Crippen LogP contribution is -2.39. The fourth-order valence-corrected chi connectivity index (χ4v) is 5.20. The van der Waals surface area contributed by atoms with Gasteiger partial charge in [-0.05, 0) is 80.0 Å². The number of hydrogen-bond acceptors (Lipinski definition) is 5. The first-order valence-corrected chi connectivity index (χ1v) is 12.8. The first-order chi connectivity index (χ1) is 18.4. The van der Waals surface area contributed by atoms with Crippen LogP contribution in [0.1, 0.15) is 39.1 Å². The summed E-state index contributed by atoms with van der Waals surface area (Å²) < 4.78 is 21.5. The highest BCUT2D eigenvalue weighted by atomic mass is 35.5. The number of ketones is 1. The largest absolute Gasteiger partial charge is 0.465 e. The van der Waals surface area contributed by atoms with Crippen molar-refractivity contribution in [2.24, 2.45) is 5.92 Å². The van der Waals surface area contributed by atoms with Gasteiger partial charge < -0.3 is 9.64 Å². The highest BCUT2D eigenvalue weighted by Gasteiger charge is 2.26. The molecule has 0 atom stereocenters. The molecule has 0 saturated carbocycles. The highest BCUT2D eigenvalue weighted by molar-refractivity contribution is 5.97. The second kappa shape index (κ2) is 12.4. The summed E-state index contributed by atoms with van der Waals surface area (Å²) in [5, 5.41) is 0. The van der Waals surface area contributed by atoms with Crippen molar-refractivity contribution in [1.82, 2.24) is 14.0 Å². The number of para-hydroxylation sites is 2. The maximum absolute atomic E-state index is 13.5. The first kappa shape index (κ1) is 28.3. The lowest BCUT2D eigenvalue weighted by molar-refractivity contribution is 0.0600. The van der Waals surface area contributed by atoms with Crippen molar-refractivity contribution in [3.8, 4) is 0 Å². The van der Waals surface area contributed by atoms with Gasteiger partial charge in [-0.1, -0.05) is 24.3 Å². The Morgan fingerprint density at radius 1 is 0.846 bits per heavy atom. The van der Waals surface area contributed by atoms with Gasteiger partial charge in [0.2, 0.25) is 0 Å². The Bertz CT molecular complexity index is 1500. The number of piperidine rings is 1. The molecule has 1 saturated heterocycles. The number of carbonyl (C=O) groups is 2. The van der Waals surface area contributed by atoms with Crippen LogP contribution in [0.5, 0.6) is 0 Å². The summed E-state index contributed by atoms with van der Waals surface area (Å²) in [6, 6.07) is 20.6. The summed E-state index contributed by atoms with van der Waals surface area (Å²) in [7, 11) is 1.35. The SMILES string of the molecule is COC(=O)c1ccc(Cn2c(=O)n(CCN3CCC(C(=O)c4ccc(F)cc4)CC3)c3ccccc32)cc1.Cl. The Hall–Kier alpha value is -3.75. The number of halogens is 2. The van der Waals surface area contributed by atoms with Gasteiger partial charge >= 0.3 is 11.7 Å². The summed E-state index contributed by atoms with van der Waals surface area (Å²) in [6.45, 7) is 3.20. The molecule has 0 amide bonds. The number of fused-ring (bicyclic) bond motifs is 1. The summed E-state index contributed by atoms with van der Waals surface area (Å²) in [4.78, 5) is 40.3. The second-order valence-corrected chi connectivity index (χ2v) is 9.68. The van der Waals surface area contributed by atoms with Crippen LogP contribution in [0, 0.1) is 11.7 Å². The number of nitrogens with zero attached hydrogens (tertiary/aromatic N) is 3. The van der Waals surface area contributed by atoms with Gasteiger partial charge in [-0.15, -0.1) is 12.4 Å². The van der Waals surface area contributed by atoms with E-state index in [0.717, 1.165) is 42.5 Å². The van der Waals surface area contributed by atoms with Gasteiger partial charge in [-0.2, -0.15) is 0 Å². The van der Waals surface area contributed by atoms with Gasteiger partial charge in [0.05, 0.1) is 30.3 Å². The molecule has 7 nitrogen and oxygen atoms in total. The number of likely N-dealkylation sites (tertiary alicyclic amines) is 1. The van der Waals surface area contributed by atoms with Crippen LogP contribution in [0.2, 0.25) is 0 Å². The van der Waals surface area contributed by atoms with E-state index in [2.05, 4.69) is 4.90 Å². The number of rotatable bonds is 8. The Balaban J connectivity index is 0.00000353. The lowest BCUT2D eigenvalue weighted by Gasteiger charge is -2.31. The van der Waals surface area contributed by atoms with E-state index in [4.69, 9.17) is 4.74 Å². The molecule has 1 aliphatic rings. The molecule has 1 aromatic heterocycles. The minimum Gasteiger partial charge on any atom is -0.465 e. The van der Waals surface area contributed by atoms with Gasteiger partial charge in [0.25, 0.3) is 0 Å². The maximum Gasteiger partial charge on any atom is 0.337 e. The quantitative estimate of drug-likeness (QED) is 0.232. The molecule has 0 unspecified atom stereocenters. The lowest BCUT2D eigenvalue weighted by atomic mass is 9.89. The molecule has 1 aliphatic heterocycles. The van der Waals surface area contributed by atoms with Crippen molar-refractivity contribution >= 4 is 35.2 Å². The van der Waals surface area contributed by atoms with E-state index in [0.29, 0.717) is 30.8 Å². The Labute approximate surface area is 232 Å². The zero-order chi connectivity index (χ0) is 26.6. The number of Topliss-reactive ketones (excluding diaryl/α,β-unsaturated/α-hetero) is 1. The molecule has 39 heavy (non-hydrogen) atoms. The predicted octanol–water partition coefficient (Wildman–Crippen LogP) is 4.79. The second-order valence-electron chi connectivity index (χ2n) is 9.68. The zero-order valence-corrected chi connectivity index (χ0v) is 22.5. The predicted molar refractivity (Wildman–Crippen MR) is 150 cm³/mol. The summed E-state index contributed by atoms with van der Waals surface area (Å²) in [5.74, 6) is -0.728. The van der Waals surface area contributed by atoms with Gasteiger partial charge in [-0.3, -0.25) is 13.9 Å². The molecule has 0 bridgehead atoms. The molecule has 0 aliphatic carbocycles. The number of esters is 1. The Morgan fingerprint density at radius 3 is 2.05 bits per heavy atom. The molecule has 204 valence electrons. The van der Waals surface area contributed by atoms with Gasteiger partial charge in [0.1, 0.15) is 5.82 Å². The van der Waals surface area contributed by atoms with E-state index in [1.165, 1.54) is 19.2 Å². The smallest absolute Gasteiger partial charge is 0.337 e. The Morgan fingerprint density at radius 2 is 1.44 bits per heavy atom. The molecule has 2 heterocycles. The number of hydrogen-bond donors (Lipinski definition) is 0. The standard InChI is InChI=1S/C30H30FN3O4.ClH/c1-38-29(36)24-8-6-21(7-9-24)20-34-27-5-3-2-4-26(27)33(30(34)37)19-18-32-16-14-23(15-17-32)28(35)22-10-12-25(31)13-11-22;/h2-13,23H,14-20H2,1H3;1H. The molecule has 0 spiro atoms. The fraction of sp³-hybridized carbons (Fsp3) is 0.300. The van der Waals surface area contributed by atoms with Crippen molar-refractivity contribution in [3.63, 3.8) is 0 Å². The van der Waals surface area contributed by atoms with Crippen molar-refractivity contribution in [1.29, 1.82) is 0 Å². The third-order valence-electron chi connectivity index (χ3n) is 7.37. The number of aromatic nitrogens is 2. The van der Waals surface area contributed by atoms with E-state index >= 15 is 0 Å². The number of benzene rings is 3. The normalized spacial score (nSPS) is 14.2. The maximum atomic E-state index is 13.5. The molecular formula is C30H31ClFN3O4. The van der Waals surface area contributed by atoms with E-state index in [-0.39, 0.29) is 35.6 Å². The average Bonchev–Trinajstić information content (AvgIpc) is 3.22.